The Hall–Kier alpha value is -2.45. The Balaban J connectivity index is 1.65. The van der Waals surface area contributed by atoms with E-state index in [-0.39, 0.29) is 17.8 Å². The molecule has 2 aliphatic heterocycles. The molecule has 6 nitrogen and oxygen atoms in total. The van der Waals surface area contributed by atoms with Crippen LogP contribution in [0.4, 0.5) is 5.82 Å². The largest absolute Gasteiger partial charge is 0.466 e. The van der Waals surface area contributed by atoms with E-state index in [4.69, 9.17) is 21.9 Å². The smallest absolute Gasteiger partial charge is 0.309 e. The molecule has 35 heavy (non-hydrogen) atoms. The standard InChI is InChI=1S/C27H33N3O3S2/c1-4-6-7-13-30-25(31)22(35-27(30)34)17-21-16-20-10-8-9-18(3)23(20)28-24(21)29-14-11-19(12-15-29)26(32)33-5-2/h8-10,16-17,19H,4-7,11-15H2,1-3H3/b22-17-. The van der Waals surface area contributed by atoms with Crippen LogP contribution < -0.4 is 4.90 Å². The number of piperidine rings is 1. The van der Waals surface area contributed by atoms with Crippen LogP contribution in [0.15, 0.2) is 29.2 Å². The Kier molecular flexibility index (Phi) is 8.44. The first-order valence-electron chi connectivity index (χ1n) is 12.5. The number of anilines is 1. The number of esters is 1. The van der Waals surface area contributed by atoms with Gasteiger partial charge < -0.3 is 9.64 Å². The van der Waals surface area contributed by atoms with E-state index in [9.17, 15) is 9.59 Å². The number of rotatable bonds is 8. The number of nitrogens with zero attached hydrogens (tertiary/aromatic N) is 3. The second-order valence-corrected chi connectivity index (χ2v) is 10.8. The molecule has 186 valence electrons. The number of amides is 1. The molecule has 0 radical (unpaired) electrons. The number of aromatic nitrogens is 1. The average molecular weight is 512 g/mol. The molecule has 0 saturated carbocycles. The number of hydrogen-bond donors (Lipinski definition) is 0. The van der Waals surface area contributed by atoms with Crippen molar-refractivity contribution in [3.8, 4) is 0 Å². The predicted octanol–water partition coefficient (Wildman–Crippen LogP) is 5.71. The zero-order valence-corrected chi connectivity index (χ0v) is 22.3. The van der Waals surface area contributed by atoms with Gasteiger partial charge in [-0.1, -0.05) is 61.9 Å². The highest BCUT2D eigenvalue weighted by Crippen LogP contribution is 2.36. The van der Waals surface area contributed by atoms with Gasteiger partial charge in [-0.15, -0.1) is 0 Å². The number of unbranched alkanes of at least 4 members (excludes halogenated alkanes) is 2. The lowest BCUT2D eigenvalue weighted by Gasteiger charge is -2.33. The second kappa shape index (κ2) is 11.5. The molecule has 1 aromatic carbocycles. The summed E-state index contributed by atoms with van der Waals surface area (Å²) < 4.78 is 5.86. The van der Waals surface area contributed by atoms with Crippen LogP contribution in [0.25, 0.3) is 17.0 Å². The van der Waals surface area contributed by atoms with E-state index >= 15 is 0 Å². The van der Waals surface area contributed by atoms with Gasteiger partial charge in [-0.3, -0.25) is 14.5 Å². The first kappa shape index (κ1) is 25.6. The highest BCUT2D eigenvalue weighted by molar-refractivity contribution is 8.26. The van der Waals surface area contributed by atoms with Crippen molar-refractivity contribution in [2.45, 2.75) is 52.9 Å². The summed E-state index contributed by atoms with van der Waals surface area (Å²) in [6.07, 6.45) is 6.53. The fourth-order valence-corrected chi connectivity index (χ4v) is 5.95. The van der Waals surface area contributed by atoms with E-state index < -0.39 is 0 Å². The van der Waals surface area contributed by atoms with Crippen LogP contribution in [0.3, 0.4) is 0 Å². The summed E-state index contributed by atoms with van der Waals surface area (Å²) in [6, 6.07) is 8.26. The summed E-state index contributed by atoms with van der Waals surface area (Å²) in [7, 11) is 0. The van der Waals surface area contributed by atoms with E-state index in [2.05, 4.69) is 36.9 Å². The maximum atomic E-state index is 13.2. The number of benzene rings is 1. The molecule has 0 N–H and O–H groups in total. The van der Waals surface area contributed by atoms with Crippen LogP contribution in [-0.2, 0) is 14.3 Å². The molecule has 2 aliphatic rings. The SMILES string of the molecule is CCCCCN1C(=O)/C(=C/c2cc3cccc(C)c3nc2N2CCC(C(=O)OCC)CC2)SC1=S. The molecule has 8 heteroatoms. The third-order valence-corrected chi connectivity index (χ3v) is 7.99. The van der Waals surface area contributed by atoms with E-state index in [0.717, 1.165) is 60.0 Å². The molecule has 0 atom stereocenters. The molecule has 2 saturated heterocycles. The fourth-order valence-electron chi connectivity index (χ4n) is 4.65. The molecule has 0 spiro atoms. The Morgan fingerprint density at radius 3 is 2.74 bits per heavy atom. The lowest BCUT2D eigenvalue weighted by Crippen LogP contribution is -2.37. The summed E-state index contributed by atoms with van der Waals surface area (Å²) in [5.41, 5.74) is 2.98. The molecule has 0 unspecified atom stereocenters. The molecule has 1 aromatic heterocycles. The minimum atomic E-state index is -0.110. The van der Waals surface area contributed by atoms with E-state index in [1.165, 1.54) is 11.8 Å². The molecule has 2 fully saturated rings. The van der Waals surface area contributed by atoms with Crippen molar-refractivity contribution < 1.29 is 14.3 Å². The topological polar surface area (TPSA) is 62.7 Å². The second-order valence-electron chi connectivity index (χ2n) is 9.10. The number of thioether (sulfide) groups is 1. The maximum absolute atomic E-state index is 13.2. The Labute approximate surface area is 217 Å². The van der Waals surface area contributed by atoms with E-state index in [1.54, 1.807) is 4.90 Å². The van der Waals surface area contributed by atoms with Gasteiger partial charge in [-0.25, -0.2) is 4.98 Å². The van der Waals surface area contributed by atoms with Gasteiger partial charge >= 0.3 is 5.97 Å². The van der Waals surface area contributed by atoms with Crippen molar-refractivity contribution in [3.63, 3.8) is 0 Å². The number of pyridine rings is 1. The van der Waals surface area contributed by atoms with Crippen molar-refractivity contribution in [1.29, 1.82) is 0 Å². The molecular weight excluding hydrogens is 478 g/mol. The zero-order chi connectivity index (χ0) is 24.9. The quantitative estimate of drug-likeness (QED) is 0.195. The number of aryl methyl sites for hydroxylation is 1. The Morgan fingerprint density at radius 1 is 1.26 bits per heavy atom. The van der Waals surface area contributed by atoms with Crippen molar-refractivity contribution in [2.24, 2.45) is 5.92 Å². The number of hydrogen-bond acceptors (Lipinski definition) is 7. The minimum absolute atomic E-state index is 0.0209. The van der Waals surface area contributed by atoms with Crippen LogP contribution in [-0.4, -0.2) is 52.3 Å². The molecule has 3 heterocycles. The lowest BCUT2D eigenvalue weighted by atomic mass is 9.96. The summed E-state index contributed by atoms with van der Waals surface area (Å²) in [4.78, 5) is 35.1. The van der Waals surface area contributed by atoms with Crippen molar-refractivity contribution in [2.75, 3.05) is 31.1 Å². The number of thiocarbonyl (C=S) groups is 1. The third kappa shape index (κ3) is 5.70. The molecular formula is C27H33N3O3S2. The summed E-state index contributed by atoms with van der Waals surface area (Å²) in [6.45, 7) is 8.56. The number of fused-ring (bicyclic) bond motifs is 1. The zero-order valence-electron chi connectivity index (χ0n) is 20.7. The number of carbonyl (C=O) groups excluding carboxylic acids is 2. The molecule has 1 amide bonds. The molecule has 0 bridgehead atoms. The highest BCUT2D eigenvalue weighted by atomic mass is 32.2. The average Bonchev–Trinajstić information content (AvgIpc) is 3.11. The molecule has 0 aliphatic carbocycles. The monoisotopic (exact) mass is 511 g/mol. The summed E-state index contributed by atoms with van der Waals surface area (Å²) in [5.74, 6) is 0.649. The number of para-hydroxylation sites is 1. The summed E-state index contributed by atoms with van der Waals surface area (Å²) >= 11 is 6.90. The first-order chi connectivity index (χ1) is 16.9. The normalized spacial score (nSPS) is 18.2. The Bertz CT molecular complexity index is 1160. The van der Waals surface area contributed by atoms with Gasteiger partial charge in [0.1, 0.15) is 10.1 Å². The van der Waals surface area contributed by atoms with Gasteiger partial charge in [0.2, 0.25) is 0 Å². The van der Waals surface area contributed by atoms with Crippen molar-refractivity contribution in [1.82, 2.24) is 9.88 Å². The van der Waals surface area contributed by atoms with Crippen molar-refractivity contribution >= 4 is 63.0 Å². The van der Waals surface area contributed by atoms with Crippen molar-refractivity contribution in [3.05, 3.63) is 40.3 Å². The van der Waals surface area contributed by atoms with Crippen LogP contribution in [0.2, 0.25) is 0 Å². The van der Waals surface area contributed by atoms with Crippen LogP contribution in [0.1, 0.15) is 57.1 Å². The van der Waals surface area contributed by atoms with E-state index in [1.807, 2.05) is 19.1 Å². The van der Waals surface area contributed by atoms with Crippen LogP contribution in [0, 0.1) is 12.8 Å². The van der Waals surface area contributed by atoms with Gasteiger partial charge in [0.15, 0.2) is 0 Å². The van der Waals surface area contributed by atoms with Crippen LogP contribution >= 0.6 is 24.0 Å². The van der Waals surface area contributed by atoms with Gasteiger partial charge in [0, 0.05) is 30.6 Å². The minimum Gasteiger partial charge on any atom is -0.466 e. The fraction of sp³-hybridized carbons (Fsp3) is 0.481. The van der Waals surface area contributed by atoms with Gasteiger partial charge in [-0.05, 0) is 50.8 Å². The van der Waals surface area contributed by atoms with E-state index in [0.29, 0.717) is 35.5 Å². The predicted molar refractivity (Wildman–Crippen MR) is 147 cm³/mol. The molecule has 4 rings (SSSR count). The number of carbonyl (C=O) groups is 2. The van der Waals surface area contributed by atoms with Crippen LogP contribution in [0.5, 0.6) is 0 Å². The first-order valence-corrected chi connectivity index (χ1v) is 13.7. The van der Waals surface area contributed by atoms with Gasteiger partial charge in [-0.2, -0.15) is 0 Å². The van der Waals surface area contributed by atoms with Gasteiger partial charge in [0.25, 0.3) is 5.91 Å². The maximum Gasteiger partial charge on any atom is 0.309 e. The lowest BCUT2D eigenvalue weighted by molar-refractivity contribution is -0.148. The summed E-state index contributed by atoms with van der Waals surface area (Å²) in [5, 5.41) is 1.04. The third-order valence-electron chi connectivity index (χ3n) is 6.62. The molecule has 2 aromatic rings. The highest BCUT2D eigenvalue weighted by Gasteiger charge is 2.32. The Morgan fingerprint density at radius 2 is 2.03 bits per heavy atom. The van der Waals surface area contributed by atoms with Gasteiger partial charge in [0.05, 0.1) is 22.9 Å². The number of ether oxygens (including phenoxy) is 1.